The summed E-state index contributed by atoms with van der Waals surface area (Å²) in [5.41, 5.74) is 3.43. The Morgan fingerprint density at radius 1 is 0.850 bits per heavy atom. The van der Waals surface area contributed by atoms with Gasteiger partial charge in [0.05, 0.1) is 5.69 Å². The van der Waals surface area contributed by atoms with Crippen molar-refractivity contribution < 1.29 is 13.2 Å². The summed E-state index contributed by atoms with van der Waals surface area (Å²) < 4.78 is 29.5. The molecule has 8 heteroatoms. The number of anilines is 2. The highest BCUT2D eigenvalue weighted by molar-refractivity contribution is 7.92. The van der Waals surface area contributed by atoms with E-state index >= 15 is 0 Å². The molecule has 7 nitrogen and oxygen atoms in total. The van der Waals surface area contributed by atoms with Gasteiger partial charge in [-0.25, -0.2) is 8.42 Å². The first kappa shape index (κ1) is 27.9. The Bertz CT molecular complexity index is 1430. The smallest absolute Gasteiger partial charge is 0.264 e. The minimum Gasteiger partial charge on any atom is -0.370 e. The van der Waals surface area contributed by atoms with E-state index in [4.69, 9.17) is 0 Å². The van der Waals surface area contributed by atoms with Crippen LogP contribution in [0.5, 0.6) is 0 Å². The van der Waals surface area contributed by atoms with E-state index in [2.05, 4.69) is 26.7 Å². The lowest BCUT2D eigenvalue weighted by Gasteiger charge is -2.23. The first-order valence-corrected chi connectivity index (χ1v) is 15.7. The van der Waals surface area contributed by atoms with Gasteiger partial charge in [0.1, 0.15) is 4.90 Å². The van der Waals surface area contributed by atoms with Crippen molar-refractivity contribution >= 4 is 39.2 Å². The van der Waals surface area contributed by atoms with Crippen LogP contribution in [0.2, 0.25) is 0 Å². The van der Waals surface area contributed by atoms with Crippen LogP contribution < -0.4 is 9.62 Å². The zero-order valence-corrected chi connectivity index (χ0v) is 23.9. The van der Waals surface area contributed by atoms with Crippen LogP contribution in [0, 0.1) is 12.8 Å². The standard InChI is InChI=1S/C32H38N4O3S/c1-25-10-8-15-30(31(25)33-24-26-11-4-2-5-12-26)40(38,39)34-28-18-16-27(17-19-28)32(37)36-21-9-20-35(22-23-36)29-13-6-3-7-14-29/h3,6-8,10,13-19,24,26,34H,2,4-5,9,11-12,20-23H2,1H3/b33-24-. The first-order chi connectivity index (χ1) is 19.4. The third-order valence-electron chi connectivity index (χ3n) is 7.84. The van der Waals surface area contributed by atoms with E-state index in [1.165, 1.54) is 24.9 Å². The summed E-state index contributed by atoms with van der Waals surface area (Å²) in [4.78, 5) is 22.3. The van der Waals surface area contributed by atoms with Crippen LogP contribution in [0.1, 0.15) is 54.4 Å². The molecule has 1 amide bonds. The highest BCUT2D eigenvalue weighted by atomic mass is 32.2. The third kappa shape index (κ3) is 6.73. The van der Waals surface area contributed by atoms with Crippen molar-refractivity contribution in [2.24, 2.45) is 10.9 Å². The van der Waals surface area contributed by atoms with Crippen molar-refractivity contribution in [2.75, 3.05) is 35.8 Å². The molecule has 0 unspecified atom stereocenters. The average Bonchev–Trinajstić information content (AvgIpc) is 3.24. The number of amides is 1. The molecular weight excluding hydrogens is 520 g/mol. The maximum Gasteiger partial charge on any atom is 0.264 e. The minimum atomic E-state index is -3.87. The number of nitrogens with one attached hydrogen (secondary N) is 1. The Balaban J connectivity index is 1.25. The van der Waals surface area contributed by atoms with Crippen LogP contribution in [-0.2, 0) is 10.0 Å². The molecule has 5 rings (SSSR count). The Morgan fingerprint density at radius 3 is 2.35 bits per heavy atom. The van der Waals surface area contributed by atoms with E-state index in [0.29, 0.717) is 35.9 Å². The Kier molecular flexibility index (Phi) is 8.85. The zero-order chi connectivity index (χ0) is 28.0. The second kappa shape index (κ2) is 12.7. The number of rotatable bonds is 7. The van der Waals surface area contributed by atoms with Crippen molar-refractivity contribution in [1.29, 1.82) is 0 Å². The fourth-order valence-electron chi connectivity index (χ4n) is 5.57. The molecular formula is C32H38N4O3S. The van der Waals surface area contributed by atoms with E-state index in [0.717, 1.165) is 37.9 Å². The van der Waals surface area contributed by atoms with Gasteiger partial charge >= 0.3 is 0 Å². The summed E-state index contributed by atoms with van der Waals surface area (Å²) in [6.07, 6.45) is 8.67. The van der Waals surface area contributed by atoms with Gasteiger partial charge in [-0.15, -0.1) is 0 Å². The molecule has 0 atom stereocenters. The summed E-state index contributed by atoms with van der Waals surface area (Å²) in [7, 11) is -3.87. The van der Waals surface area contributed by atoms with Gasteiger partial charge in [0.15, 0.2) is 0 Å². The maximum atomic E-state index is 13.4. The van der Waals surface area contributed by atoms with Crippen molar-refractivity contribution in [1.82, 2.24) is 4.90 Å². The van der Waals surface area contributed by atoms with Crippen molar-refractivity contribution in [2.45, 2.75) is 50.3 Å². The van der Waals surface area contributed by atoms with Crippen LogP contribution in [0.3, 0.4) is 0 Å². The molecule has 1 saturated carbocycles. The molecule has 0 aromatic heterocycles. The zero-order valence-electron chi connectivity index (χ0n) is 23.1. The van der Waals surface area contributed by atoms with Gasteiger partial charge in [-0.1, -0.05) is 49.6 Å². The average molecular weight is 559 g/mol. The van der Waals surface area contributed by atoms with E-state index < -0.39 is 10.0 Å². The predicted molar refractivity (Wildman–Crippen MR) is 162 cm³/mol. The number of sulfonamides is 1. The Hall–Kier alpha value is -3.65. The van der Waals surface area contributed by atoms with E-state index in [-0.39, 0.29) is 10.8 Å². The molecule has 40 heavy (non-hydrogen) atoms. The van der Waals surface area contributed by atoms with Gasteiger partial charge in [-0.2, -0.15) is 0 Å². The summed E-state index contributed by atoms with van der Waals surface area (Å²) in [6, 6.07) is 22.2. The molecule has 1 saturated heterocycles. The van der Waals surface area contributed by atoms with Crippen LogP contribution in [-0.4, -0.2) is 51.6 Å². The quantitative estimate of drug-likeness (QED) is 0.339. The second-order valence-electron chi connectivity index (χ2n) is 10.7. The number of aliphatic imine (C=N–C) groups is 1. The molecule has 2 aliphatic rings. The molecule has 0 spiro atoms. The fourth-order valence-corrected chi connectivity index (χ4v) is 6.85. The van der Waals surface area contributed by atoms with Gasteiger partial charge in [0.2, 0.25) is 0 Å². The number of carbonyl (C=O) groups is 1. The molecule has 0 bridgehead atoms. The van der Waals surface area contributed by atoms with Crippen LogP contribution in [0.25, 0.3) is 0 Å². The summed E-state index contributed by atoms with van der Waals surface area (Å²) in [6.45, 7) is 4.89. The molecule has 3 aromatic rings. The third-order valence-corrected chi connectivity index (χ3v) is 9.26. The number of para-hydroxylation sites is 2. The minimum absolute atomic E-state index is 0.0395. The topological polar surface area (TPSA) is 82.1 Å². The number of nitrogens with zero attached hydrogens (tertiary/aromatic N) is 3. The van der Waals surface area contributed by atoms with Gasteiger partial charge < -0.3 is 9.80 Å². The lowest BCUT2D eigenvalue weighted by molar-refractivity contribution is 0.0767. The Labute approximate surface area is 238 Å². The molecule has 210 valence electrons. The van der Waals surface area contributed by atoms with Gasteiger partial charge in [-0.05, 0) is 80.1 Å². The fraction of sp³-hybridized carbons (Fsp3) is 0.375. The Morgan fingerprint density at radius 2 is 1.60 bits per heavy atom. The molecule has 2 fully saturated rings. The molecule has 1 heterocycles. The van der Waals surface area contributed by atoms with Gasteiger partial charge in [0.25, 0.3) is 15.9 Å². The number of hydrogen-bond donors (Lipinski definition) is 1. The second-order valence-corrected chi connectivity index (χ2v) is 12.4. The number of carbonyl (C=O) groups excluding carboxylic acids is 1. The highest BCUT2D eigenvalue weighted by Gasteiger charge is 2.23. The SMILES string of the molecule is Cc1cccc(S(=O)(=O)Nc2ccc(C(=O)N3CCCN(c4ccccc4)CC3)cc2)c1/N=C\C1CCCCC1. The van der Waals surface area contributed by atoms with Crippen molar-refractivity contribution in [3.8, 4) is 0 Å². The normalized spacial score (nSPS) is 17.1. The van der Waals surface area contributed by atoms with Crippen LogP contribution in [0.4, 0.5) is 17.1 Å². The lowest BCUT2D eigenvalue weighted by atomic mass is 9.90. The number of hydrogen-bond acceptors (Lipinski definition) is 5. The summed E-state index contributed by atoms with van der Waals surface area (Å²) in [5.74, 6) is 0.356. The van der Waals surface area contributed by atoms with Crippen molar-refractivity contribution in [3.05, 3.63) is 83.9 Å². The maximum absolute atomic E-state index is 13.4. The first-order valence-electron chi connectivity index (χ1n) is 14.3. The number of aryl methyl sites for hydroxylation is 1. The summed E-state index contributed by atoms with van der Waals surface area (Å²) in [5, 5.41) is 0. The predicted octanol–water partition coefficient (Wildman–Crippen LogP) is 6.43. The summed E-state index contributed by atoms with van der Waals surface area (Å²) >= 11 is 0. The molecule has 3 aromatic carbocycles. The van der Waals surface area contributed by atoms with Gasteiger partial charge in [0, 0.05) is 49.3 Å². The monoisotopic (exact) mass is 558 g/mol. The molecule has 1 aliphatic heterocycles. The van der Waals surface area contributed by atoms with Crippen LogP contribution >= 0.6 is 0 Å². The number of benzene rings is 3. The van der Waals surface area contributed by atoms with Gasteiger partial charge in [-0.3, -0.25) is 14.5 Å². The van der Waals surface area contributed by atoms with E-state index in [9.17, 15) is 13.2 Å². The lowest BCUT2D eigenvalue weighted by Crippen LogP contribution is -2.35. The molecule has 1 aliphatic carbocycles. The highest BCUT2D eigenvalue weighted by Crippen LogP contribution is 2.31. The van der Waals surface area contributed by atoms with Crippen LogP contribution in [0.15, 0.2) is 82.7 Å². The van der Waals surface area contributed by atoms with E-state index in [1.807, 2.05) is 42.3 Å². The van der Waals surface area contributed by atoms with Crippen molar-refractivity contribution in [3.63, 3.8) is 0 Å². The van der Waals surface area contributed by atoms with E-state index in [1.54, 1.807) is 36.4 Å². The largest absolute Gasteiger partial charge is 0.370 e. The molecule has 0 radical (unpaired) electrons. The molecule has 1 N–H and O–H groups in total.